The summed E-state index contributed by atoms with van der Waals surface area (Å²) in [6.45, 7) is 4.97. The number of allylic oxidation sites excluding steroid dienone is 1. The summed E-state index contributed by atoms with van der Waals surface area (Å²) in [7, 11) is 1.53. The average molecular weight is 424 g/mol. The van der Waals surface area contributed by atoms with E-state index in [2.05, 4.69) is 28.2 Å². The van der Waals surface area contributed by atoms with Gasteiger partial charge >= 0.3 is 0 Å². The van der Waals surface area contributed by atoms with Crippen molar-refractivity contribution in [2.45, 2.75) is 48.9 Å². The lowest BCUT2D eigenvalue weighted by Gasteiger charge is -2.41. The van der Waals surface area contributed by atoms with Crippen LogP contribution in [-0.4, -0.2) is 54.0 Å². The van der Waals surface area contributed by atoms with Crippen molar-refractivity contribution in [2.75, 3.05) is 26.8 Å². The number of carbonyl (C=O) groups is 1. The first kappa shape index (κ1) is 19.9. The van der Waals surface area contributed by atoms with Crippen LogP contribution in [0.3, 0.4) is 0 Å². The maximum absolute atomic E-state index is 12.7. The van der Waals surface area contributed by atoms with Crippen molar-refractivity contribution in [3.8, 4) is 5.88 Å². The van der Waals surface area contributed by atoms with Crippen LogP contribution < -0.4 is 10.1 Å². The topological polar surface area (TPSA) is 63.7 Å². The molecule has 0 radical (unpaired) electrons. The molecular formula is C20H26ClN3O3S. The molecule has 6 nitrogen and oxygen atoms in total. The largest absolute Gasteiger partial charge is 0.480 e. The highest BCUT2D eigenvalue weighted by atomic mass is 35.5. The van der Waals surface area contributed by atoms with E-state index in [0.29, 0.717) is 28.8 Å². The molecule has 0 aromatic carbocycles. The van der Waals surface area contributed by atoms with Crippen molar-refractivity contribution in [3.05, 3.63) is 29.2 Å². The Morgan fingerprint density at radius 2 is 2.21 bits per heavy atom. The van der Waals surface area contributed by atoms with E-state index in [-0.39, 0.29) is 11.2 Å². The molecule has 3 aliphatic rings. The lowest BCUT2D eigenvalue weighted by Crippen LogP contribution is -2.47. The van der Waals surface area contributed by atoms with Gasteiger partial charge in [-0.25, -0.2) is 4.98 Å². The molecule has 2 saturated heterocycles. The summed E-state index contributed by atoms with van der Waals surface area (Å²) in [4.78, 5) is 19.9. The molecule has 1 unspecified atom stereocenters. The first-order valence-electron chi connectivity index (χ1n) is 9.72. The minimum atomic E-state index is -0.214. The normalized spacial score (nSPS) is 26.9. The van der Waals surface area contributed by atoms with Crippen molar-refractivity contribution in [1.29, 1.82) is 0 Å². The molecule has 0 saturated carbocycles. The predicted octanol–water partition coefficient (Wildman–Crippen LogP) is 3.46. The van der Waals surface area contributed by atoms with E-state index in [0.717, 1.165) is 49.7 Å². The second-order valence-electron chi connectivity index (χ2n) is 7.87. The van der Waals surface area contributed by atoms with E-state index >= 15 is 0 Å². The van der Waals surface area contributed by atoms with Gasteiger partial charge < -0.3 is 19.7 Å². The van der Waals surface area contributed by atoms with E-state index in [1.54, 1.807) is 6.20 Å². The molecule has 8 heteroatoms. The van der Waals surface area contributed by atoms with Crippen LogP contribution in [0.5, 0.6) is 5.88 Å². The third-order valence-corrected chi connectivity index (χ3v) is 7.68. The molecule has 0 aliphatic carbocycles. The van der Waals surface area contributed by atoms with E-state index < -0.39 is 0 Å². The molecule has 1 amide bonds. The molecule has 2 atom stereocenters. The van der Waals surface area contributed by atoms with Gasteiger partial charge in [-0.1, -0.05) is 11.6 Å². The Kier molecular flexibility index (Phi) is 5.76. The molecule has 1 aromatic heterocycles. The van der Waals surface area contributed by atoms with Crippen LogP contribution in [-0.2, 0) is 9.53 Å². The summed E-state index contributed by atoms with van der Waals surface area (Å²) in [5.74, 6) is 1.35. The maximum Gasteiger partial charge on any atom is 0.239 e. The van der Waals surface area contributed by atoms with E-state index in [4.69, 9.17) is 21.1 Å². The molecular weight excluding hydrogens is 398 g/mol. The number of halogens is 1. The molecule has 152 valence electrons. The zero-order chi connectivity index (χ0) is 19.7. The molecule has 0 bridgehead atoms. The number of pyridine rings is 1. The number of carbonyl (C=O) groups excluding carboxylic acids is 1. The standard InChI is InChI=1S/C20H26ClN3O3S/c1-13-11-20(12-27-13)6-9-24(10-7-20)16-4-3-15(18(25)23-16)28-14-5-8-22-19(26-2)17(14)21/h4-5,8,13,15H,3,6-7,9-12H2,1-2H3,(H,23,25)/t13-,15?/m0/s1. The van der Waals surface area contributed by atoms with E-state index in [1.165, 1.54) is 18.9 Å². The number of nitrogens with zero attached hydrogens (tertiary/aromatic N) is 2. The van der Waals surface area contributed by atoms with Crippen LogP contribution in [0.25, 0.3) is 0 Å². The summed E-state index contributed by atoms with van der Waals surface area (Å²) >= 11 is 7.77. The fraction of sp³-hybridized carbons (Fsp3) is 0.600. The van der Waals surface area contributed by atoms with E-state index in [9.17, 15) is 4.79 Å². The Hall–Kier alpha value is -1.44. The van der Waals surface area contributed by atoms with Gasteiger partial charge in [0.15, 0.2) is 0 Å². The van der Waals surface area contributed by atoms with Crippen LogP contribution in [0, 0.1) is 5.41 Å². The number of rotatable bonds is 4. The summed E-state index contributed by atoms with van der Waals surface area (Å²) in [6, 6.07) is 1.82. The van der Waals surface area contributed by atoms with Gasteiger partial charge in [-0.2, -0.15) is 0 Å². The zero-order valence-corrected chi connectivity index (χ0v) is 17.8. The number of ether oxygens (including phenoxy) is 2. The lowest BCUT2D eigenvalue weighted by molar-refractivity contribution is -0.120. The van der Waals surface area contributed by atoms with Gasteiger partial charge in [0, 0.05) is 24.2 Å². The highest BCUT2D eigenvalue weighted by Gasteiger charge is 2.41. The van der Waals surface area contributed by atoms with Crippen LogP contribution in [0.4, 0.5) is 0 Å². The molecule has 28 heavy (non-hydrogen) atoms. The molecule has 4 rings (SSSR count). The van der Waals surface area contributed by atoms with Gasteiger partial charge in [-0.05, 0) is 50.2 Å². The lowest BCUT2D eigenvalue weighted by atomic mass is 9.77. The number of hydrogen-bond donors (Lipinski definition) is 1. The molecule has 1 N–H and O–H groups in total. The SMILES string of the molecule is COc1nccc(SC2CC=C(N3CCC4(CC3)CO[C@@H](C)C4)NC2=O)c1Cl. The Morgan fingerprint density at radius 3 is 2.86 bits per heavy atom. The summed E-state index contributed by atoms with van der Waals surface area (Å²) < 4.78 is 11.0. The number of methoxy groups -OCH3 is 1. The van der Waals surface area contributed by atoms with Crippen molar-refractivity contribution < 1.29 is 14.3 Å². The minimum absolute atomic E-state index is 0.0208. The number of likely N-dealkylation sites (tertiary alicyclic amines) is 1. The molecule has 3 aliphatic heterocycles. The highest BCUT2D eigenvalue weighted by molar-refractivity contribution is 8.00. The Labute approximate surface area is 175 Å². The summed E-state index contributed by atoms with van der Waals surface area (Å²) in [5, 5.41) is 3.33. The minimum Gasteiger partial charge on any atom is -0.480 e. The summed E-state index contributed by atoms with van der Waals surface area (Å²) in [5.41, 5.74) is 0.338. The first-order valence-corrected chi connectivity index (χ1v) is 11.0. The first-order chi connectivity index (χ1) is 13.5. The predicted molar refractivity (Wildman–Crippen MR) is 110 cm³/mol. The van der Waals surface area contributed by atoms with E-state index in [1.807, 2.05) is 6.07 Å². The van der Waals surface area contributed by atoms with Crippen LogP contribution in [0.15, 0.2) is 29.1 Å². The van der Waals surface area contributed by atoms with Gasteiger partial charge in [-0.3, -0.25) is 4.79 Å². The zero-order valence-electron chi connectivity index (χ0n) is 16.2. The second-order valence-corrected chi connectivity index (χ2v) is 9.49. The third-order valence-electron chi connectivity index (χ3n) is 5.91. The Bertz CT molecular complexity index is 780. The quantitative estimate of drug-likeness (QED) is 0.800. The van der Waals surface area contributed by atoms with Crippen molar-refractivity contribution in [2.24, 2.45) is 5.41 Å². The summed E-state index contributed by atoms with van der Waals surface area (Å²) in [6.07, 6.45) is 8.22. The smallest absolute Gasteiger partial charge is 0.239 e. The Balaban J connectivity index is 1.37. The van der Waals surface area contributed by atoms with Crippen molar-refractivity contribution in [1.82, 2.24) is 15.2 Å². The monoisotopic (exact) mass is 423 g/mol. The third kappa shape index (κ3) is 3.98. The fourth-order valence-corrected chi connectivity index (χ4v) is 5.62. The van der Waals surface area contributed by atoms with Gasteiger partial charge in [-0.15, -0.1) is 11.8 Å². The fourth-order valence-electron chi connectivity index (χ4n) is 4.30. The number of aromatic nitrogens is 1. The van der Waals surface area contributed by atoms with Gasteiger partial charge in [0.2, 0.25) is 11.8 Å². The average Bonchev–Trinajstić information content (AvgIpc) is 3.05. The van der Waals surface area contributed by atoms with Gasteiger partial charge in [0.1, 0.15) is 10.8 Å². The molecule has 1 spiro atoms. The Morgan fingerprint density at radius 1 is 1.43 bits per heavy atom. The van der Waals surface area contributed by atoms with Crippen molar-refractivity contribution >= 4 is 29.3 Å². The van der Waals surface area contributed by atoms with Crippen LogP contribution >= 0.6 is 23.4 Å². The maximum atomic E-state index is 12.7. The molecule has 1 aromatic rings. The van der Waals surface area contributed by atoms with Crippen LogP contribution in [0.2, 0.25) is 5.02 Å². The van der Waals surface area contributed by atoms with Crippen molar-refractivity contribution in [3.63, 3.8) is 0 Å². The number of amides is 1. The number of thioether (sulfide) groups is 1. The number of hydrogen-bond acceptors (Lipinski definition) is 6. The number of piperidine rings is 1. The van der Waals surface area contributed by atoms with Crippen LogP contribution in [0.1, 0.15) is 32.6 Å². The number of nitrogens with one attached hydrogen (secondary N) is 1. The molecule has 2 fully saturated rings. The van der Waals surface area contributed by atoms with Gasteiger partial charge in [0.25, 0.3) is 0 Å². The molecule has 4 heterocycles. The highest BCUT2D eigenvalue weighted by Crippen LogP contribution is 2.43. The van der Waals surface area contributed by atoms with Gasteiger partial charge in [0.05, 0.1) is 25.1 Å². The second kappa shape index (κ2) is 8.13.